The molecule has 4 rings (SSSR count). The highest BCUT2D eigenvalue weighted by atomic mass is 19.1. The molecule has 1 aliphatic rings. The fraction of sp³-hybridized carbons (Fsp3) is 0.455. The Hall–Kier alpha value is -3.43. The van der Waals surface area contributed by atoms with Gasteiger partial charge in [0, 0.05) is 39.8 Å². The van der Waals surface area contributed by atoms with Crippen molar-refractivity contribution in [3.8, 4) is 5.75 Å². The molecular formula is C22H27FN6O3. The number of halogens is 1. The second-order valence-electron chi connectivity index (χ2n) is 7.89. The fourth-order valence-electron chi connectivity index (χ4n) is 3.99. The lowest BCUT2D eigenvalue weighted by Gasteiger charge is -2.36. The van der Waals surface area contributed by atoms with E-state index < -0.39 is 0 Å². The van der Waals surface area contributed by atoms with Crippen LogP contribution in [0.25, 0.3) is 11.0 Å². The molecule has 0 saturated carbocycles. The molecule has 1 saturated heterocycles. The quantitative estimate of drug-likeness (QED) is 0.578. The molecule has 1 fully saturated rings. The SMILES string of the molecule is CCCn1c(N2CCN(C(=O)COc3ccc(F)cc3)CC2)nc2c(C)nn(C)c2c1=O. The van der Waals surface area contributed by atoms with Crippen LogP contribution < -0.4 is 15.2 Å². The zero-order valence-electron chi connectivity index (χ0n) is 18.5. The topological polar surface area (TPSA) is 85.5 Å². The molecule has 1 amide bonds. The minimum Gasteiger partial charge on any atom is -0.484 e. The molecule has 3 aromatic rings. The van der Waals surface area contributed by atoms with Crippen molar-refractivity contribution in [2.45, 2.75) is 26.8 Å². The fourth-order valence-corrected chi connectivity index (χ4v) is 3.99. The minimum atomic E-state index is -0.352. The van der Waals surface area contributed by atoms with Gasteiger partial charge >= 0.3 is 0 Å². The number of carbonyl (C=O) groups is 1. The third-order valence-electron chi connectivity index (χ3n) is 5.63. The highest BCUT2D eigenvalue weighted by molar-refractivity contribution is 5.79. The van der Waals surface area contributed by atoms with E-state index in [-0.39, 0.29) is 23.9 Å². The molecule has 0 aliphatic carbocycles. The van der Waals surface area contributed by atoms with Crippen LogP contribution in [0.1, 0.15) is 19.0 Å². The van der Waals surface area contributed by atoms with Crippen molar-refractivity contribution in [1.82, 2.24) is 24.2 Å². The third-order valence-corrected chi connectivity index (χ3v) is 5.63. The van der Waals surface area contributed by atoms with Crippen LogP contribution in [0.2, 0.25) is 0 Å². The van der Waals surface area contributed by atoms with Gasteiger partial charge in [0.05, 0.1) is 5.69 Å². The lowest BCUT2D eigenvalue weighted by molar-refractivity contribution is -0.133. The second-order valence-corrected chi connectivity index (χ2v) is 7.89. The van der Waals surface area contributed by atoms with E-state index >= 15 is 0 Å². The van der Waals surface area contributed by atoms with E-state index in [1.54, 1.807) is 21.2 Å². The van der Waals surface area contributed by atoms with Gasteiger partial charge in [-0.1, -0.05) is 6.92 Å². The Morgan fingerprint density at radius 1 is 1.16 bits per heavy atom. The van der Waals surface area contributed by atoms with Crippen molar-refractivity contribution in [1.29, 1.82) is 0 Å². The summed E-state index contributed by atoms with van der Waals surface area (Å²) < 4.78 is 21.8. The molecule has 32 heavy (non-hydrogen) atoms. The molecule has 0 radical (unpaired) electrons. The Morgan fingerprint density at radius 2 is 1.84 bits per heavy atom. The number of benzene rings is 1. The highest BCUT2D eigenvalue weighted by Gasteiger charge is 2.26. The van der Waals surface area contributed by atoms with Crippen molar-refractivity contribution in [2.75, 3.05) is 37.7 Å². The molecule has 2 aromatic heterocycles. The van der Waals surface area contributed by atoms with Gasteiger partial charge in [0.2, 0.25) is 5.95 Å². The van der Waals surface area contributed by atoms with Crippen LogP contribution in [0.5, 0.6) is 5.75 Å². The molecule has 0 spiro atoms. The van der Waals surface area contributed by atoms with E-state index in [0.717, 1.165) is 12.1 Å². The van der Waals surface area contributed by atoms with Gasteiger partial charge in [-0.3, -0.25) is 18.8 Å². The molecule has 0 atom stereocenters. The van der Waals surface area contributed by atoms with Gasteiger partial charge in [-0.2, -0.15) is 5.10 Å². The summed E-state index contributed by atoms with van der Waals surface area (Å²) in [5.74, 6) is 0.586. The van der Waals surface area contributed by atoms with E-state index in [1.165, 1.54) is 24.3 Å². The molecular weight excluding hydrogens is 415 g/mol. The van der Waals surface area contributed by atoms with Crippen molar-refractivity contribution in [2.24, 2.45) is 7.05 Å². The Morgan fingerprint density at radius 3 is 2.50 bits per heavy atom. The van der Waals surface area contributed by atoms with Crippen molar-refractivity contribution < 1.29 is 13.9 Å². The van der Waals surface area contributed by atoms with Gasteiger partial charge in [-0.15, -0.1) is 0 Å². The third kappa shape index (κ3) is 4.17. The number of rotatable bonds is 6. The smallest absolute Gasteiger partial charge is 0.281 e. The first kappa shape index (κ1) is 21.8. The average molecular weight is 442 g/mol. The summed E-state index contributed by atoms with van der Waals surface area (Å²) in [6.45, 7) is 6.44. The number of fused-ring (bicyclic) bond motifs is 1. The Kier molecular flexibility index (Phi) is 6.11. The molecule has 1 aliphatic heterocycles. The summed E-state index contributed by atoms with van der Waals surface area (Å²) in [6.07, 6.45) is 0.802. The minimum absolute atomic E-state index is 0.0962. The van der Waals surface area contributed by atoms with Crippen LogP contribution in [0, 0.1) is 12.7 Å². The number of hydrogen-bond acceptors (Lipinski definition) is 6. The molecule has 3 heterocycles. The maximum atomic E-state index is 13.2. The molecule has 0 N–H and O–H groups in total. The lowest BCUT2D eigenvalue weighted by Crippen LogP contribution is -2.51. The van der Waals surface area contributed by atoms with Crippen LogP contribution in [0.15, 0.2) is 29.1 Å². The standard InChI is InChI=1S/C22H27FN6O3/c1-4-9-29-21(31)20-19(15(2)25-26(20)3)24-22(29)28-12-10-27(11-13-28)18(30)14-32-17-7-5-16(23)6-8-17/h5-8H,4,9-14H2,1-3H3. The van der Waals surface area contributed by atoms with Crippen molar-refractivity contribution in [3.05, 3.63) is 46.1 Å². The number of piperazine rings is 1. The number of carbonyl (C=O) groups excluding carboxylic acids is 1. The Labute approximate surface area is 185 Å². The average Bonchev–Trinajstić information content (AvgIpc) is 3.08. The number of nitrogens with zero attached hydrogens (tertiary/aromatic N) is 6. The normalized spacial score (nSPS) is 14.2. The van der Waals surface area contributed by atoms with Crippen LogP contribution >= 0.6 is 0 Å². The highest BCUT2D eigenvalue weighted by Crippen LogP contribution is 2.19. The van der Waals surface area contributed by atoms with E-state index in [0.29, 0.717) is 55.5 Å². The Bertz CT molecular complexity index is 1180. The summed E-state index contributed by atoms with van der Waals surface area (Å²) in [5.41, 5.74) is 1.75. The molecule has 9 nitrogen and oxygen atoms in total. The summed E-state index contributed by atoms with van der Waals surface area (Å²) in [5, 5.41) is 4.36. The molecule has 0 bridgehead atoms. The number of amides is 1. The largest absolute Gasteiger partial charge is 0.484 e. The molecule has 0 unspecified atom stereocenters. The number of aryl methyl sites for hydroxylation is 2. The Balaban J connectivity index is 1.47. The maximum absolute atomic E-state index is 13.2. The van der Waals surface area contributed by atoms with Gasteiger partial charge in [-0.05, 0) is 37.6 Å². The number of anilines is 1. The second kappa shape index (κ2) is 8.97. The zero-order chi connectivity index (χ0) is 22.8. The zero-order valence-corrected chi connectivity index (χ0v) is 18.5. The summed E-state index contributed by atoms with van der Waals surface area (Å²) in [6, 6.07) is 5.58. The van der Waals surface area contributed by atoms with Crippen LogP contribution in [-0.4, -0.2) is 62.9 Å². The van der Waals surface area contributed by atoms with Crippen LogP contribution in [0.3, 0.4) is 0 Å². The molecule has 10 heteroatoms. The summed E-state index contributed by atoms with van der Waals surface area (Å²) in [7, 11) is 1.76. The van der Waals surface area contributed by atoms with E-state index in [1.807, 2.05) is 18.7 Å². The number of ether oxygens (including phenoxy) is 1. The lowest BCUT2D eigenvalue weighted by atomic mass is 10.3. The summed E-state index contributed by atoms with van der Waals surface area (Å²) in [4.78, 5) is 34.3. The van der Waals surface area contributed by atoms with Crippen LogP contribution in [0.4, 0.5) is 10.3 Å². The first-order chi connectivity index (χ1) is 15.4. The predicted octanol–water partition coefficient (Wildman–Crippen LogP) is 1.72. The van der Waals surface area contributed by atoms with Crippen molar-refractivity contribution in [3.63, 3.8) is 0 Å². The molecule has 170 valence electrons. The van der Waals surface area contributed by atoms with Gasteiger partial charge in [0.25, 0.3) is 11.5 Å². The van der Waals surface area contributed by atoms with E-state index in [4.69, 9.17) is 9.72 Å². The predicted molar refractivity (Wildman–Crippen MR) is 118 cm³/mol. The van der Waals surface area contributed by atoms with Gasteiger partial charge in [0.15, 0.2) is 12.1 Å². The monoisotopic (exact) mass is 442 g/mol. The van der Waals surface area contributed by atoms with E-state index in [9.17, 15) is 14.0 Å². The first-order valence-corrected chi connectivity index (χ1v) is 10.7. The summed E-state index contributed by atoms with van der Waals surface area (Å²) >= 11 is 0. The maximum Gasteiger partial charge on any atom is 0.281 e. The van der Waals surface area contributed by atoms with E-state index in [2.05, 4.69) is 5.10 Å². The number of hydrogen-bond donors (Lipinski definition) is 0. The first-order valence-electron chi connectivity index (χ1n) is 10.7. The molecule has 1 aromatic carbocycles. The number of aromatic nitrogens is 4. The van der Waals surface area contributed by atoms with Gasteiger partial charge < -0.3 is 14.5 Å². The van der Waals surface area contributed by atoms with Crippen LogP contribution in [-0.2, 0) is 18.4 Å². The van der Waals surface area contributed by atoms with Gasteiger partial charge in [-0.25, -0.2) is 9.37 Å². The van der Waals surface area contributed by atoms with Gasteiger partial charge in [0.1, 0.15) is 17.1 Å². The van der Waals surface area contributed by atoms with Crippen molar-refractivity contribution >= 4 is 22.9 Å².